The summed E-state index contributed by atoms with van der Waals surface area (Å²) in [6.45, 7) is 16.5. The van der Waals surface area contributed by atoms with Gasteiger partial charge in [0.2, 0.25) is 0 Å². The van der Waals surface area contributed by atoms with Crippen LogP contribution >= 0.6 is 0 Å². The summed E-state index contributed by atoms with van der Waals surface area (Å²) < 4.78 is 5.92. The second kappa shape index (κ2) is 11.3. The van der Waals surface area contributed by atoms with Gasteiger partial charge in [0.05, 0.1) is 12.7 Å². The molecule has 0 saturated carbocycles. The highest BCUT2D eigenvalue weighted by Crippen LogP contribution is 2.41. The lowest BCUT2D eigenvalue weighted by molar-refractivity contribution is 0.0560. The molecule has 0 spiro atoms. The number of aliphatic hydroxyl groups excluding tert-OH is 1. The van der Waals surface area contributed by atoms with E-state index in [4.69, 9.17) is 10.5 Å². The summed E-state index contributed by atoms with van der Waals surface area (Å²) in [5.41, 5.74) is 12.0. The molecule has 3 N–H and O–H groups in total. The number of nitrogens with two attached hydrogens (primary N) is 1. The zero-order chi connectivity index (χ0) is 23.9. The summed E-state index contributed by atoms with van der Waals surface area (Å²) in [5.74, 6) is 0.951. The predicted octanol–water partition coefficient (Wildman–Crippen LogP) is 6.48. The summed E-state index contributed by atoms with van der Waals surface area (Å²) in [7, 11) is 0. The third-order valence-electron chi connectivity index (χ3n) is 7.12. The normalized spacial score (nSPS) is 13.3. The van der Waals surface area contributed by atoms with Gasteiger partial charge in [-0.2, -0.15) is 0 Å². The molecule has 0 aliphatic rings. The molecule has 0 aliphatic carbocycles. The smallest absolute Gasteiger partial charge is 0.122 e. The lowest BCUT2D eigenvalue weighted by Crippen LogP contribution is -2.27. The number of aryl methyl sites for hydroxylation is 3. The molecule has 0 radical (unpaired) electrons. The minimum absolute atomic E-state index is 0.0191. The Balaban J connectivity index is 2.31. The molecule has 0 fully saturated rings. The van der Waals surface area contributed by atoms with E-state index in [1.54, 1.807) is 0 Å². The summed E-state index contributed by atoms with van der Waals surface area (Å²) in [4.78, 5) is 0. The van der Waals surface area contributed by atoms with Crippen molar-refractivity contribution in [3.8, 4) is 5.75 Å². The molecule has 1 unspecified atom stereocenters. The van der Waals surface area contributed by atoms with Crippen LogP contribution in [0.2, 0.25) is 0 Å². The molecule has 2 aromatic carbocycles. The van der Waals surface area contributed by atoms with Crippen molar-refractivity contribution in [1.82, 2.24) is 0 Å². The van der Waals surface area contributed by atoms with Crippen LogP contribution in [-0.2, 0) is 11.8 Å². The van der Waals surface area contributed by atoms with Gasteiger partial charge in [-0.15, -0.1) is 0 Å². The van der Waals surface area contributed by atoms with Crippen molar-refractivity contribution in [1.29, 1.82) is 0 Å². The standard InChI is InChI=1S/C29H45NO2/c1-8-29(9-2,25-14-15-26(22(4)20-25)32-18-10-17-30)24-13-11-23(21(3)19-24)12-16-27(31)28(5,6)7/h11,13-15,19-20,27,31H,8-10,12,16-18,30H2,1-7H3. The first-order valence-electron chi connectivity index (χ1n) is 12.3. The van der Waals surface area contributed by atoms with E-state index in [2.05, 4.69) is 84.9 Å². The molecule has 0 amide bonds. The molecular weight excluding hydrogens is 394 g/mol. The molecule has 3 nitrogen and oxygen atoms in total. The molecule has 0 heterocycles. The Morgan fingerprint density at radius 1 is 0.938 bits per heavy atom. The lowest BCUT2D eigenvalue weighted by Gasteiger charge is -2.34. The molecule has 2 aromatic rings. The van der Waals surface area contributed by atoms with Crippen LogP contribution in [0, 0.1) is 19.3 Å². The zero-order valence-corrected chi connectivity index (χ0v) is 21.4. The molecule has 0 aromatic heterocycles. The molecule has 0 bridgehead atoms. The van der Waals surface area contributed by atoms with Crippen molar-refractivity contribution in [3.05, 3.63) is 64.2 Å². The first-order valence-corrected chi connectivity index (χ1v) is 12.3. The predicted molar refractivity (Wildman–Crippen MR) is 137 cm³/mol. The fourth-order valence-electron chi connectivity index (χ4n) is 4.61. The van der Waals surface area contributed by atoms with Crippen LogP contribution < -0.4 is 10.5 Å². The highest BCUT2D eigenvalue weighted by atomic mass is 16.5. The van der Waals surface area contributed by atoms with E-state index in [1.165, 1.54) is 27.8 Å². The Kier molecular flexibility index (Phi) is 9.36. The number of hydrogen-bond acceptors (Lipinski definition) is 3. The zero-order valence-electron chi connectivity index (χ0n) is 21.4. The maximum atomic E-state index is 10.4. The fraction of sp³-hybridized carbons (Fsp3) is 0.586. The van der Waals surface area contributed by atoms with Crippen LogP contribution in [0.25, 0.3) is 0 Å². The topological polar surface area (TPSA) is 55.5 Å². The van der Waals surface area contributed by atoms with Gasteiger partial charge in [-0.3, -0.25) is 0 Å². The third kappa shape index (κ3) is 6.14. The molecule has 3 heteroatoms. The van der Waals surface area contributed by atoms with Gasteiger partial charge in [-0.25, -0.2) is 0 Å². The van der Waals surface area contributed by atoms with Gasteiger partial charge >= 0.3 is 0 Å². The van der Waals surface area contributed by atoms with E-state index < -0.39 is 0 Å². The summed E-state index contributed by atoms with van der Waals surface area (Å²) in [6, 6.07) is 13.6. The molecule has 32 heavy (non-hydrogen) atoms. The third-order valence-corrected chi connectivity index (χ3v) is 7.12. The van der Waals surface area contributed by atoms with Crippen LogP contribution in [0.5, 0.6) is 5.75 Å². The first-order chi connectivity index (χ1) is 15.1. The highest BCUT2D eigenvalue weighted by Gasteiger charge is 2.31. The van der Waals surface area contributed by atoms with Crippen molar-refractivity contribution in [3.63, 3.8) is 0 Å². The lowest BCUT2D eigenvalue weighted by atomic mass is 9.69. The van der Waals surface area contributed by atoms with E-state index in [1.807, 2.05) is 0 Å². The van der Waals surface area contributed by atoms with Gasteiger partial charge in [0.1, 0.15) is 5.75 Å². The number of rotatable bonds is 11. The summed E-state index contributed by atoms with van der Waals surface area (Å²) in [5, 5.41) is 10.4. The average molecular weight is 440 g/mol. The average Bonchev–Trinajstić information content (AvgIpc) is 2.75. The maximum absolute atomic E-state index is 10.4. The van der Waals surface area contributed by atoms with E-state index in [-0.39, 0.29) is 16.9 Å². The molecule has 178 valence electrons. The second-order valence-corrected chi connectivity index (χ2v) is 10.3. The monoisotopic (exact) mass is 439 g/mol. The van der Waals surface area contributed by atoms with Crippen LogP contribution in [-0.4, -0.2) is 24.4 Å². The van der Waals surface area contributed by atoms with Gasteiger partial charge in [0.25, 0.3) is 0 Å². The number of aliphatic hydroxyl groups is 1. The maximum Gasteiger partial charge on any atom is 0.122 e. The SMILES string of the molecule is CCC(CC)(c1ccc(CCC(O)C(C)(C)C)c(C)c1)c1ccc(OCCCN)c(C)c1. The Morgan fingerprint density at radius 2 is 1.53 bits per heavy atom. The van der Waals surface area contributed by atoms with Crippen LogP contribution in [0.4, 0.5) is 0 Å². The van der Waals surface area contributed by atoms with E-state index in [0.717, 1.165) is 37.9 Å². The minimum Gasteiger partial charge on any atom is -0.493 e. The quantitative estimate of drug-likeness (QED) is 0.394. The Bertz CT molecular complexity index is 862. The molecule has 1 atom stereocenters. The molecular formula is C29H45NO2. The van der Waals surface area contributed by atoms with Crippen LogP contribution in [0.15, 0.2) is 36.4 Å². The molecule has 0 aliphatic heterocycles. The molecule has 0 saturated heterocycles. The fourth-order valence-corrected chi connectivity index (χ4v) is 4.61. The van der Waals surface area contributed by atoms with Gasteiger partial charge in [0.15, 0.2) is 0 Å². The Hall–Kier alpha value is -1.84. The van der Waals surface area contributed by atoms with E-state index >= 15 is 0 Å². The van der Waals surface area contributed by atoms with Gasteiger partial charge in [-0.1, -0.05) is 65.0 Å². The minimum atomic E-state index is -0.291. The van der Waals surface area contributed by atoms with Crippen LogP contribution in [0.1, 0.15) is 88.1 Å². The molecule has 2 rings (SSSR count). The van der Waals surface area contributed by atoms with Crippen molar-refractivity contribution < 1.29 is 9.84 Å². The van der Waals surface area contributed by atoms with Crippen molar-refractivity contribution >= 4 is 0 Å². The summed E-state index contributed by atoms with van der Waals surface area (Å²) >= 11 is 0. The van der Waals surface area contributed by atoms with E-state index in [0.29, 0.717) is 13.2 Å². The van der Waals surface area contributed by atoms with Crippen molar-refractivity contribution in [2.45, 2.75) is 92.1 Å². The van der Waals surface area contributed by atoms with Crippen molar-refractivity contribution in [2.24, 2.45) is 11.1 Å². The first kappa shape index (κ1) is 26.4. The largest absolute Gasteiger partial charge is 0.493 e. The number of hydrogen-bond donors (Lipinski definition) is 2. The number of benzene rings is 2. The van der Waals surface area contributed by atoms with Gasteiger partial charge < -0.3 is 15.6 Å². The van der Waals surface area contributed by atoms with Crippen LogP contribution in [0.3, 0.4) is 0 Å². The van der Waals surface area contributed by atoms with E-state index in [9.17, 15) is 5.11 Å². The number of ether oxygens (including phenoxy) is 1. The Morgan fingerprint density at radius 3 is 2.03 bits per heavy atom. The van der Waals surface area contributed by atoms with Crippen molar-refractivity contribution in [2.75, 3.05) is 13.2 Å². The Labute approximate surface area is 196 Å². The second-order valence-electron chi connectivity index (χ2n) is 10.3. The highest BCUT2D eigenvalue weighted by molar-refractivity contribution is 5.47. The summed E-state index contributed by atoms with van der Waals surface area (Å²) in [6.07, 6.45) is 4.36. The van der Waals surface area contributed by atoms with Gasteiger partial charge in [-0.05, 0) is 91.8 Å². The van der Waals surface area contributed by atoms with Gasteiger partial charge in [0, 0.05) is 5.41 Å².